The summed E-state index contributed by atoms with van der Waals surface area (Å²) in [5, 5.41) is 13.9. The Labute approximate surface area is 204 Å². The van der Waals surface area contributed by atoms with Crippen molar-refractivity contribution in [2.45, 2.75) is 64.2 Å². The third kappa shape index (κ3) is 3.92. The van der Waals surface area contributed by atoms with Crippen molar-refractivity contribution < 1.29 is 19.0 Å². The predicted octanol–water partition coefficient (Wildman–Crippen LogP) is 5.39. The molecule has 0 unspecified atom stereocenters. The van der Waals surface area contributed by atoms with Gasteiger partial charge in [0.05, 0.1) is 35.9 Å². The molecular formula is C28H30FN3O3. The lowest BCUT2D eigenvalue weighted by atomic mass is 10.0. The number of benzene rings is 2. The number of aromatic carboxylic acids is 1. The fourth-order valence-corrected chi connectivity index (χ4v) is 6.07. The summed E-state index contributed by atoms with van der Waals surface area (Å²) in [5.41, 5.74) is 6.49. The molecule has 1 saturated heterocycles. The molecule has 6 nitrogen and oxygen atoms in total. The molecule has 35 heavy (non-hydrogen) atoms. The molecule has 3 aliphatic rings. The summed E-state index contributed by atoms with van der Waals surface area (Å²) in [6, 6.07) is 11.0. The van der Waals surface area contributed by atoms with Gasteiger partial charge in [0.1, 0.15) is 5.82 Å². The van der Waals surface area contributed by atoms with Crippen molar-refractivity contribution in [2.75, 3.05) is 11.4 Å². The summed E-state index contributed by atoms with van der Waals surface area (Å²) < 4.78 is 22.9. The molecule has 2 bridgehead atoms. The van der Waals surface area contributed by atoms with Crippen molar-refractivity contribution in [3.63, 3.8) is 0 Å². The van der Waals surface area contributed by atoms with Gasteiger partial charge in [0.15, 0.2) is 0 Å². The number of hydrogen-bond acceptors (Lipinski definition) is 4. The fraction of sp³-hybridized carbons (Fsp3) is 0.429. The van der Waals surface area contributed by atoms with Crippen LogP contribution < -0.4 is 4.90 Å². The van der Waals surface area contributed by atoms with Crippen molar-refractivity contribution in [1.82, 2.24) is 9.78 Å². The average molecular weight is 476 g/mol. The second kappa shape index (κ2) is 8.48. The van der Waals surface area contributed by atoms with Crippen LogP contribution in [0.15, 0.2) is 42.6 Å². The third-order valence-corrected chi connectivity index (χ3v) is 8.00. The number of anilines is 1. The molecule has 3 fully saturated rings. The molecular weight excluding hydrogens is 445 g/mol. The standard InChI is InChI=1S/C28H30FN3O3/c1-16-4-3-5-17(2)27(16)32-25(23(13-30-32)18-6-7-18)15-35-26-12-21-10-19(26)14-31(21)20-8-9-22(28(33)34)24(29)11-20/h3-5,8-9,11,13,18-19,21,26H,6-7,10,12,14-15H2,1-2H3,(H,33,34)/t19-,21-,26-/m0/s1. The van der Waals surface area contributed by atoms with Crippen LogP contribution in [0.3, 0.4) is 0 Å². The lowest BCUT2D eigenvalue weighted by Crippen LogP contribution is -2.38. The van der Waals surface area contributed by atoms with E-state index < -0.39 is 11.8 Å². The highest BCUT2D eigenvalue weighted by atomic mass is 19.1. The zero-order valence-corrected chi connectivity index (χ0v) is 20.1. The lowest BCUT2D eigenvalue weighted by molar-refractivity contribution is 0.00991. The Kier molecular flexibility index (Phi) is 5.40. The molecule has 2 aliphatic carbocycles. The highest BCUT2D eigenvalue weighted by Crippen LogP contribution is 2.45. The topological polar surface area (TPSA) is 67.6 Å². The van der Waals surface area contributed by atoms with Crippen molar-refractivity contribution in [3.05, 3.63) is 76.4 Å². The largest absolute Gasteiger partial charge is 0.478 e. The van der Waals surface area contributed by atoms with Crippen LogP contribution in [0.25, 0.3) is 5.69 Å². The summed E-state index contributed by atoms with van der Waals surface area (Å²) in [6.07, 6.45) is 6.52. The zero-order valence-electron chi connectivity index (χ0n) is 20.1. The van der Waals surface area contributed by atoms with E-state index in [9.17, 15) is 9.18 Å². The van der Waals surface area contributed by atoms with Crippen molar-refractivity contribution >= 4 is 11.7 Å². The summed E-state index contributed by atoms with van der Waals surface area (Å²) in [6.45, 7) is 5.59. The van der Waals surface area contributed by atoms with Crippen molar-refractivity contribution in [1.29, 1.82) is 0 Å². The number of nitrogens with zero attached hydrogens (tertiary/aromatic N) is 3. The van der Waals surface area contributed by atoms with E-state index in [4.69, 9.17) is 14.9 Å². The average Bonchev–Trinajstić information content (AvgIpc) is 3.28. The molecule has 3 aromatic rings. The van der Waals surface area contributed by atoms with Crippen LogP contribution >= 0.6 is 0 Å². The van der Waals surface area contributed by atoms with Crippen LogP contribution in [0.2, 0.25) is 0 Å². The van der Waals surface area contributed by atoms with Gasteiger partial charge in [-0.1, -0.05) is 18.2 Å². The first-order chi connectivity index (χ1) is 16.9. The van der Waals surface area contributed by atoms with E-state index in [2.05, 4.69) is 41.6 Å². The van der Waals surface area contributed by atoms with Gasteiger partial charge in [0.25, 0.3) is 0 Å². The number of aryl methyl sites for hydroxylation is 2. The number of para-hydroxylation sites is 1. The second-order valence-electron chi connectivity index (χ2n) is 10.3. The number of piperidine rings is 1. The molecule has 1 aromatic heterocycles. The monoisotopic (exact) mass is 475 g/mol. The quantitative estimate of drug-likeness (QED) is 0.496. The number of hydrogen-bond donors (Lipinski definition) is 1. The number of carboxylic acids is 1. The summed E-state index contributed by atoms with van der Waals surface area (Å²) in [4.78, 5) is 13.3. The van der Waals surface area contributed by atoms with E-state index in [-0.39, 0.29) is 17.7 Å². The molecule has 1 N–H and O–H groups in total. The Hall–Kier alpha value is -3.19. The Balaban J connectivity index is 1.18. The fourth-order valence-electron chi connectivity index (χ4n) is 6.07. The molecule has 1 aliphatic heterocycles. The van der Waals surface area contributed by atoms with Crippen LogP contribution in [-0.4, -0.2) is 39.5 Å². The number of carbonyl (C=O) groups is 1. The van der Waals surface area contributed by atoms with Crippen LogP contribution in [-0.2, 0) is 11.3 Å². The maximum absolute atomic E-state index is 14.3. The van der Waals surface area contributed by atoms with Crippen LogP contribution in [0.5, 0.6) is 0 Å². The van der Waals surface area contributed by atoms with Gasteiger partial charge >= 0.3 is 5.97 Å². The minimum absolute atomic E-state index is 0.160. The molecule has 3 atom stereocenters. The summed E-state index contributed by atoms with van der Waals surface area (Å²) in [5.74, 6) is -0.955. The maximum atomic E-state index is 14.3. The molecule has 0 spiro atoms. The first-order valence-electron chi connectivity index (χ1n) is 12.4. The number of halogens is 1. The molecule has 0 amide bonds. The van der Waals surface area contributed by atoms with Crippen molar-refractivity contribution in [2.24, 2.45) is 5.92 Å². The highest BCUT2D eigenvalue weighted by molar-refractivity contribution is 5.88. The van der Waals surface area contributed by atoms with E-state index in [1.807, 2.05) is 6.20 Å². The second-order valence-corrected chi connectivity index (χ2v) is 10.3. The molecule has 182 valence electrons. The molecule has 6 rings (SSSR count). The van der Waals surface area contributed by atoms with Crippen molar-refractivity contribution in [3.8, 4) is 5.69 Å². The molecule has 0 radical (unpaired) electrons. The van der Waals surface area contributed by atoms with Crippen LogP contribution in [0.4, 0.5) is 10.1 Å². The van der Waals surface area contributed by atoms with Gasteiger partial charge in [-0.25, -0.2) is 13.9 Å². The van der Waals surface area contributed by atoms with E-state index in [1.165, 1.54) is 41.7 Å². The maximum Gasteiger partial charge on any atom is 0.338 e. The van der Waals surface area contributed by atoms with Gasteiger partial charge in [-0.15, -0.1) is 0 Å². The zero-order chi connectivity index (χ0) is 24.3. The molecule has 2 aromatic carbocycles. The summed E-state index contributed by atoms with van der Waals surface area (Å²) in [7, 11) is 0. The third-order valence-electron chi connectivity index (χ3n) is 8.00. The van der Waals surface area contributed by atoms with E-state index in [1.54, 1.807) is 6.07 Å². The van der Waals surface area contributed by atoms with Gasteiger partial charge in [-0.3, -0.25) is 0 Å². The van der Waals surface area contributed by atoms with Crippen LogP contribution in [0, 0.1) is 25.6 Å². The minimum Gasteiger partial charge on any atom is -0.478 e. The summed E-state index contributed by atoms with van der Waals surface area (Å²) >= 11 is 0. The Bertz CT molecular complexity index is 1280. The van der Waals surface area contributed by atoms with Crippen LogP contribution in [0.1, 0.15) is 64.3 Å². The lowest BCUT2D eigenvalue weighted by Gasteiger charge is -2.33. The first-order valence-corrected chi connectivity index (χ1v) is 12.4. The molecule has 2 saturated carbocycles. The Morgan fingerprint density at radius 1 is 1.17 bits per heavy atom. The SMILES string of the molecule is Cc1cccc(C)c1-n1ncc(C2CC2)c1CO[C@H]1C[C@@H]2C[C@H]1CN2c1ccc(C(=O)O)c(F)c1. The highest BCUT2D eigenvalue weighted by Gasteiger charge is 2.45. The van der Waals surface area contributed by atoms with Gasteiger partial charge in [-0.2, -0.15) is 5.10 Å². The van der Waals surface area contributed by atoms with E-state index in [0.717, 1.165) is 36.5 Å². The van der Waals surface area contributed by atoms with E-state index in [0.29, 0.717) is 18.4 Å². The smallest absolute Gasteiger partial charge is 0.338 e. The predicted molar refractivity (Wildman–Crippen MR) is 131 cm³/mol. The first kappa shape index (κ1) is 22.3. The normalized spacial score (nSPS) is 23.3. The number of aromatic nitrogens is 2. The van der Waals surface area contributed by atoms with E-state index >= 15 is 0 Å². The van der Waals surface area contributed by atoms with Gasteiger partial charge in [0.2, 0.25) is 0 Å². The van der Waals surface area contributed by atoms with Gasteiger partial charge in [0, 0.05) is 24.2 Å². The van der Waals surface area contributed by atoms with Gasteiger partial charge in [-0.05, 0) is 80.3 Å². The number of ether oxygens (including phenoxy) is 1. The molecule has 2 heterocycles. The number of fused-ring (bicyclic) bond motifs is 2. The Morgan fingerprint density at radius 2 is 1.94 bits per heavy atom. The number of carboxylic acid groups (broad SMARTS) is 1. The molecule has 7 heteroatoms. The minimum atomic E-state index is -1.24. The number of rotatable bonds is 7. The Morgan fingerprint density at radius 3 is 2.57 bits per heavy atom. The van der Waals surface area contributed by atoms with Gasteiger partial charge < -0.3 is 14.7 Å².